The fourth-order valence-corrected chi connectivity index (χ4v) is 3.43. The fourth-order valence-electron chi connectivity index (χ4n) is 2.50. The lowest BCUT2D eigenvalue weighted by molar-refractivity contribution is -0.111. The number of methoxy groups -OCH3 is 1. The maximum atomic E-state index is 12.2. The van der Waals surface area contributed by atoms with Gasteiger partial charge in [-0.05, 0) is 30.2 Å². The van der Waals surface area contributed by atoms with Gasteiger partial charge >= 0.3 is 0 Å². The molecule has 0 radical (unpaired) electrons. The number of carbonyl (C=O) groups excluding carboxylic acids is 1. The molecular weight excluding hydrogens is 344 g/mol. The molecule has 0 aliphatic rings. The normalized spacial score (nSPS) is 10.8. The van der Waals surface area contributed by atoms with Crippen molar-refractivity contribution >= 4 is 28.5 Å². The van der Waals surface area contributed by atoms with Gasteiger partial charge in [0.1, 0.15) is 5.75 Å². The van der Waals surface area contributed by atoms with Crippen LogP contribution in [-0.2, 0) is 11.2 Å². The van der Waals surface area contributed by atoms with Crippen LogP contribution in [0.25, 0.3) is 17.3 Å². The summed E-state index contributed by atoms with van der Waals surface area (Å²) < 4.78 is 5.12. The molecule has 1 heterocycles. The number of rotatable bonds is 6. The molecular formula is C21H20N2O2S. The van der Waals surface area contributed by atoms with Crippen LogP contribution in [0.1, 0.15) is 17.4 Å². The molecule has 0 saturated carbocycles. The number of amides is 1. The van der Waals surface area contributed by atoms with Crippen molar-refractivity contribution < 1.29 is 9.53 Å². The Morgan fingerprint density at radius 1 is 1.15 bits per heavy atom. The SMILES string of the molecule is CCc1sc(NC(=O)C=Cc2ccc(OC)cc2)nc1-c1ccccc1. The van der Waals surface area contributed by atoms with E-state index in [1.165, 1.54) is 17.4 Å². The quantitative estimate of drug-likeness (QED) is 0.624. The molecule has 1 aromatic heterocycles. The van der Waals surface area contributed by atoms with Crippen LogP contribution in [-0.4, -0.2) is 18.0 Å². The first kappa shape index (κ1) is 17.9. The molecule has 0 saturated heterocycles. The number of anilines is 1. The summed E-state index contributed by atoms with van der Waals surface area (Å²) in [7, 11) is 1.63. The highest BCUT2D eigenvalue weighted by atomic mass is 32.1. The van der Waals surface area contributed by atoms with Crippen molar-refractivity contribution in [1.82, 2.24) is 4.98 Å². The summed E-state index contributed by atoms with van der Waals surface area (Å²) in [5.74, 6) is 0.590. The molecule has 4 nitrogen and oxygen atoms in total. The average molecular weight is 364 g/mol. The van der Waals surface area contributed by atoms with Crippen LogP contribution < -0.4 is 10.1 Å². The number of carbonyl (C=O) groups is 1. The highest BCUT2D eigenvalue weighted by Gasteiger charge is 2.12. The largest absolute Gasteiger partial charge is 0.497 e. The van der Waals surface area contributed by atoms with Gasteiger partial charge in [-0.3, -0.25) is 10.1 Å². The molecule has 132 valence electrons. The second-order valence-corrected chi connectivity index (χ2v) is 6.69. The molecule has 0 spiro atoms. The van der Waals surface area contributed by atoms with E-state index in [0.717, 1.165) is 33.9 Å². The number of ether oxygens (including phenoxy) is 1. The van der Waals surface area contributed by atoms with Gasteiger partial charge in [0.25, 0.3) is 0 Å². The molecule has 1 amide bonds. The van der Waals surface area contributed by atoms with Gasteiger partial charge in [0.15, 0.2) is 5.13 Å². The van der Waals surface area contributed by atoms with Crippen LogP contribution in [0.5, 0.6) is 5.75 Å². The van der Waals surface area contributed by atoms with E-state index >= 15 is 0 Å². The maximum absolute atomic E-state index is 12.2. The zero-order valence-corrected chi connectivity index (χ0v) is 15.5. The molecule has 0 fully saturated rings. The summed E-state index contributed by atoms with van der Waals surface area (Å²) in [6.07, 6.45) is 4.15. The third-order valence-electron chi connectivity index (χ3n) is 3.84. The smallest absolute Gasteiger partial charge is 0.250 e. The van der Waals surface area contributed by atoms with Gasteiger partial charge in [0.2, 0.25) is 5.91 Å². The van der Waals surface area contributed by atoms with E-state index in [-0.39, 0.29) is 5.91 Å². The highest BCUT2D eigenvalue weighted by molar-refractivity contribution is 7.16. The minimum absolute atomic E-state index is 0.197. The van der Waals surface area contributed by atoms with Crippen molar-refractivity contribution in [3.8, 4) is 17.0 Å². The number of benzene rings is 2. The van der Waals surface area contributed by atoms with Crippen LogP contribution in [0.15, 0.2) is 60.7 Å². The number of aromatic nitrogens is 1. The van der Waals surface area contributed by atoms with Crippen LogP contribution in [0.2, 0.25) is 0 Å². The molecule has 3 aromatic rings. The predicted molar refractivity (Wildman–Crippen MR) is 108 cm³/mol. The fraction of sp³-hybridized carbons (Fsp3) is 0.143. The Balaban J connectivity index is 1.71. The van der Waals surface area contributed by atoms with Crippen LogP contribution in [0.3, 0.4) is 0 Å². The zero-order valence-electron chi connectivity index (χ0n) is 14.7. The molecule has 2 aromatic carbocycles. The molecule has 1 N–H and O–H groups in total. The summed E-state index contributed by atoms with van der Waals surface area (Å²) in [5, 5.41) is 3.47. The van der Waals surface area contributed by atoms with E-state index in [1.807, 2.05) is 54.6 Å². The molecule has 26 heavy (non-hydrogen) atoms. The Labute approximate surface area is 157 Å². The molecule has 3 rings (SSSR count). The van der Waals surface area contributed by atoms with Gasteiger partial charge < -0.3 is 4.74 Å². The summed E-state index contributed by atoms with van der Waals surface area (Å²) >= 11 is 1.52. The number of thiazole rings is 1. The molecule has 0 bridgehead atoms. The van der Waals surface area contributed by atoms with Gasteiger partial charge in [0.05, 0.1) is 12.8 Å². The lowest BCUT2D eigenvalue weighted by Gasteiger charge is -1.99. The monoisotopic (exact) mass is 364 g/mol. The van der Waals surface area contributed by atoms with Crippen molar-refractivity contribution in [2.45, 2.75) is 13.3 Å². The number of nitrogens with zero attached hydrogens (tertiary/aromatic N) is 1. The van der Waals surface area contributed by atoms with Gasteiger partial charge in [-0.2, -0.15) is 0 Å². The molecule has 0 aliphatic carbocycles. The van der Waals surface area contributed by atoms with Gasteiger partial charge in [-0.25, -0.2) is 4.98 Å². The Hall–Kier alpha value is -2.92. The summed E-state index contributed by atoms with van der Waals surface area (Å²) in [6.45, 7) is 2.09. The van der Waals surface area contributed by atoms with E-state index in [9.17, 15) is 4.79 Å². The van der Waals surface area contributed by atoms with E-state index in [1.54, 1.807) is 13.2 Å². The van der Waals surface area contributed by atoms with Crippen molar-refractivity contribution in [3.63, 3.8) is 0 Å². The summed E-state index contributed by atoms with van der Waals surface area (Å²) in [6, 6.07) is 17.5. The number of aryl methyl sites for hydroxylation is 1. The van der Waals surface area contributed by atoms with Crippen molar-refractivity contribution in [3.05, 3.63) is 71.1 Å². The van der Waals surface area contributed by atoms with E-state index in [0.29, 0.717) is 5.13 Å². The maximum Gasteiger partial charge on any atom is 0.250 e. The second-order valence-electron chi connectivity index (χ2n) is 5.61. The highest BCUT2D eigenvalue weighted by Crippen LogP contribution is 2.31. The Bertz CT molecular complexity index is 900. The third-order valence-corrected chi connectivity index (χ3v) is 4.95. The third kappa shape index (κ3) is 4.37. The lowest BCUT2D eigenvalue weighted by Crippen LogP contribution is -2.07. The van der Waals surface area contributed by atoms with Gasteiger partial charge in [0, 0.05) is 16.5 Å². The van der Waals surface area contributed by atoms with Crippen molar-refractivity contribution in [2.24, 2.45) is 0 Å². The summed E-state index contributed by atoms with van der Waals surface area (Å²) in [5.41, 5.74) is 2.93. The van der Waals surface area contributed by atoms with Crippen LogP contribution in [0, 0.1) is 0 Å². The van der Waals surface area contributed by atoms with Crippen molar-refractivity contribution in [2.75, 3.05) is 12.4 Å². The first-order valence-corrected chi connectivity index (χ1v) is 9.19. The summed E-state index contributed by atoms with van der Waals surface area (Å²) in [4.78, 5) is 18.0. The van der Waals surface area contributed by atoms with E-state index < -0.39 is 0 Å². The average Bonchev–Trinajstić information content (AvgIpc) is 3.10. The minimum Gasteiger partial charge on any atom is -0.497 e. The van der Waals surface area contributed by atoms with E-state index in [2.05, 4.69) is 17.2 Å². The standard InChI is InChI=1S/C21H20N2O2S/c1-3-18-20(16-7-5-4-6-8-16)23-21(26-18)22-19(24)14-11-15-9-12-17(25-2)13-10-15/h4-14H,3H2,1-2H3,(H,22,23,24). The van der Waals surface area contributed by atoms with Crippen molar-refractivity contribution in [1.29, 1.82) is 0 Å². The molecule has 5 heteroatoms. The van der Waals surface area contributed by atoms with E-state index in [4.69, 9.17) is 4.74 Å². The topological polar surface area (TPSA) is 51.2 Å². The number of hydrogen-bond donors (Lipinski definition) is 1. The lowest BCUT2D eigenvalue weighted by atomic mass is 10.1. The Morgan fingerprint density at radius 2 is 1.88 bits per heavy atom. The predicted octanol–water partition coefficient (Wildman–Crippen LogP) is 5.03. The van der Waals surface area contributed by atoms with Crippen LogP contribution in [0.4, 0.5) is 5.13 Å². The van der Waals surface area contributed by atoms with Crippen LogP contribution >= 0.6 is 11.3 Å². The number of nitrogens with one attached hydrogen (secondary N) is 1. The molecule has 0 aliphatic heterocycles. The molecule has 0 atom stereocenters. The Kier molecular flexibility index (Phi) is 5.81. The Morgan fingerprint density at radius 3 is 2.54 bits per heavy atom. The van der Waals surface area contributed by atoms with Gasteiger partial charge in [-0.1, -0.05) is 49.4 Å². The first-order valence-electron chi connectivity index (χ1n) is 8.38. The minimum atomic E-state index is -0.197. The van der Waals surface area contributed by atoms with Gasteiger partial charge in [-0.15, -0.1) is 11.3 Å². The number of hydrogen-bond acceptors (Lipinski definition) is 4. The first-order chi connectivity index (χ1) is 12.7. The second kappa shape index (κ2) is 8.45. The zero-order chi connectivity index (χ0) is 18.4. The molecule has 0 unspecified atom stereocenters.